The first-order valence-corrected chi connectivity index (χ1v) is 6.27. The number of ether oxygens (including phenoxy) is 1. The lowest BCUT2D eigenvalue weighted by Gasteiger charge is -2.13. The molecule has 2 aromatic rings. The summed E-state index contributed by atoms with van der Waals surface area (Å²) in [6.07, 6.45) is -4.47. The van der Waals surface area contributed by atoms with Crippen molar-refractivity contribution in [2.45, 2.75) is 12.8 Å². The molecule has 0 aliphatic heterocycles. The maximum atomic E-state index is 12.8. The molecule has 0 saturated carbocycles. The van der Waals surface area contributed by atoms with E-state index in [1.807, 2.05) is 0 Å². The molecule has 116 valence electrons. The Morgan fingerprint density at radius 3 is 2.32 bits per heavy atom. The number of oxime groups is 1. The fourth-order valence-electron chi connectivity index (χ4n) is 1.82. The maximum absolute atomic E-state index is 12.8. The van der Waals surface area contributed by atoms with Crippen LogP contribution in [-0.2, 0) is 12.8 Å². The molecule has 7 heteroatoms. The van der Waals surface area contributed by atoms with E-state index in [2.05, 4.69) is 5.16 Å². The molecular formula is C15H13F3N2O2. The predicted octanol–water partition coefficient (Wildman–Crippen LogP) is 3.38. The van der Waals surface area contributed by atoms with Gasteiger partial charge in [0.25, 0.3) is 0 Å². The lowest BCUT2D eigenvalue weighted by Crippen LogP contribution is -2.13. The Balaban J connectivity index is 2.11. The minimum Gasteiger partial charge on any atom is -0.488 e. The van der Waals surface area contributed by atoms with Crippen molar-refractivity contribution in [3.63, 3.8) is 0 Å². The van der Waals surface area contributed by atoms with Crippen molar-refractivity contribution >= 4 is 5.84 Å². The number of rotatable bonds is 4. The first-order valence-electron chi connectivity index (χ1n) is 6.27. The number of hydrogen-bond donors (Lipinski definition) is 2. The number of halogens is 3. The van der Waals surface area contributed by atoms with Crippen molar-refractivity contribution in [1.29, 1.82) is 0 Å². The smallest absolute Gasteiger partial charge is 0.419 e. The van der Waals surface area contributed by atoms with Crippen molar-refractivity contribution in [2.75, 3.05) is 0 Å². The van der Waals surface area contributed by atoms with Crippen LogP contribution in [0.4, 0.5) is 13.2 Å². The van der Waals surface area contributed by atoms with Crippen LogP contribution in [0.2, 0.25) is 0 Å². The van der Waals surface area contributed by atoms with Crippen molar-refractivity contribution in [1.82, 2.24) is 0 Å². The molecule has 3 N–H and O–H groups in total. The molecule has 22 heavy (non-hydrogen) atoms. The average molecular weight is 310 g/mol. The Labute approximate surface area is 124 Å². The van der Waals surface area contributed by atoms with Crippen LogP contribution in [-0.4, -0.2) is 11.0 Å². The highest BCUT2D eigenvalue weighted by atomic mass is 19.4. The van der Waals surface area contributed by atoms with Crippen LogP contribution in [0, 0.1) is 0 Å². The van der Waals surface area contributed by atoms with E-state index in [-0.39, 0.29) is 18.2 Å². The van der Waals surface area contributed by atoms with Crippen LogP contribution in [0.15, 0.2) is 53.7 Å². The third-order valence-corrected chi connectivity index (χ3v) is 2.94. The van der Waals surface area contributed by atoms with E-state index in [4.69, 9.17) is 15.7 Å². The third kappa shape index (κ3) is 3.69. The maximum Gasteiger partial charge on any atom is 0.419 e. The number of amidine groups is 1. The van der Waals surface area contributed by atoms with Crippen LogP contribution in [0.3, 0.4) is 0 Å². The second-order valence-corrected chi connectivity index (χ2v) is 4.46. The largest absolute Gasteiger partial charge is 0.488 e. The first-order chi connectivity index (χ1) is 10.4. The molecule has 0 heterocycles. The van der Waals surface area contributed by atoms with Gasteiger partial charge in [-0.15, -0.1) is 0 Å². The van der Waals surface area contributed by atoms with Crippen LogP contribution in [0.25, 0.3) is 0 Å². The zero-order valence-corrected chi connectivity index (χ0v) is 11.3. The van der Waals surface area contributed by atoms with Crippen molar-refractivity contribution in [2.24, 2.45) is 10.9 Å². The van der Waals surface area contributed by atoms with E-state index in [9.17, 15) is 13.2 Å². The standard InChI is InChI=1S/C15H13F3N2O2/c16-15(17,18)12-3-1-2-4-13(12)22-9-10-5-7-11(8-6-10)14(19)20-21/h1-8,21H,9H2,(H2,19,20). The zero-order valence-electron chi connectivity index (χ0n) is 11.3. The SMILES string of the molecule is NC(=NO)c1ccc(COc2ccccc2C(F)(F)F)cc1. The highest BCUT2D eigenvalue weighted by molar-refractivity contribution is 5.96. The topological polar surface area (TPSA) is 67.8 Å². The Hall–Kier alpha value is -2.70. The Bertz CT molecular complexity index is 667. The van der Waals surface area contributed by atoms with Gasteiger partial charge in [0, 0.05) is 5.56 Å². The molecule has 0 amide bonds. The summed E-state index contributed by atoms with van der Waals surface area (Å²) in [4.78, 5) is 0. The van der Waals surface area contributed by atoms with Gasteiger partial charge in [-0.2, -0.15) is 13.2 Å². The monoisotopic (exact) mass is 310 g/mol. The zero-order chi connectivity index (χ0) is 16.2. The normalized spacial score (nSPS) is 12.2. The summed E-state index contributed by atoms with van der Waals surface area (Å²) in [5.41, 5.74) is 5.76. The lowest BCUT2D eigenvalue weighted by atomic mass is 10.1. The number of nitrogens with two attached hydrogens (primary N) is 1. The Morgan fingerprint density at radius 2 is 1.73 bits per heavy atom. The minimum atomic E-state index is -4.47. The Morgan fingerprint density at radius 1 is 1.09 bits per heavy atom. The van der Waals surface area contributed by atoms with Gasteiger partial charge in [-0.25, -0.2) is 0 Å². The molecule has 0 radical (unpaired) electrons. The number of benzene rings is 2. The summed E-state index contributed by atoms with van der Waals surface area (Å²) < 4.78 is 43.7. The van der Waals surface area contributed by atoms with Crippen LogP contribution >= 0.6 is 0 Å². The molecule has 2 aromatic carbocycles. The highest BCUT2D eigenvalue weighted by Gasteiger charge is 2.33. The van der Waals surface area contributed by atoms with Crippen molar-refractivity contribution < 1.29 is 23.1 Å². The van der Waals surface area contributed by atoms with Gasteiger partial charge in [-0.05, 0) is 17.7 Å². The quantitative estimate of drug-likeness (QED) is 0.394. The summed E-state index contributed by atoms with van der Waals surface area (Å²) in [5, 5.41) is 11.4. The van der Waals surface area contributed by atoms with Gasteiger partial charge in [0.05, 0.1) is 5.56 Å². The van der Waals surface area contributed by atoms with Crippen molar-refractivity contribution in [3.8, 4) is 5.75 Å². The molecule has 0 bridgehead atoms. The summed E-state index contributed by atoms with van der Waals surface area (Å²) >= 11 is 0. The Kier molecular flexibility index (Phi) is 4.55. The summed E-state index contributed by atoms with van der Waals surface area (Å²) in [6, 6.07) is 11.5. The highest BCUT2D eigenvalue weighted by Crippen LogP contribution is 2.36. The molecular weight excluding hydrogens is 297 g/mol. The number of hydrogen-bond acceptors (Lipinski definition) is 3. The fraction of sp³-hybridized carbons (Fsp3) is 0.133. The van der Waals surface area contributed by atoms with E-state index in [0.717, 1.165) is 6.07 Å². The van der Waals surface area contributed by atoms with Gasteiger partial charge in [-0.3, -0.25) is 0 Å². The van der Waals surface area contributed by atoms with Gasteiger partial charge < -0.3 is 15.7 Å². The molecule has 2 rings (SSSR count). The van der Waals surface area contributed by atoms with E-state index in [1.54, 1.807) is 24.3 Å². The molecule has 0 aromatic heterocycles. The summed E-state index contributed by atoms with van der Waals surface area (Å²) in [6.45, 7) is -0.0243. The number of para-hydroxylation sites is 1. The van der Waals surface area contributed by atoms with Crippen LogP contribution < -0.4 is 10.5 Å². The summed E-state index contributed by atoms with van der Waals surface area (Å²) in [5.74, 6) is -0.273. The fourth-order valence-corrected chi connectivity index (χ4v) is 1.82. The van der Waals surface area contributed by atoms with Crippen LogP contribution in [0.1, 0.15) is 16.7 Å². The van der Waals surface area contributed by atoms with Gasteiger partial charge in [0.2, 0.25) is 0 Å². The van der Waals surface area contributed by atoms with E-state index < -0.39 is 11.7 Å². The molecule has 0 atom stereocenters. The molecule has 0 aliphatic rings. The first kappa shape index (κ1) is 15.7. The molecule has 0 aliphatic carbocycles. The predicted molar refractivity (Wildman–Crippen MR) is 74.7 cm³/mol. The second-order valence-electron chi connectivity index (χ2n) is 4.46. The molecule has 0 unspecified atom stereocenters. The lowest BCUT2D eigenvalue weighted by molar-refractivity contribution is -0.139. The van der Waals surface area contributed by atoms with E-state index in [1.165, 1.54) is 18.2 Å². The van der Waals surface area contributed by atoms with Crippen molar-refractivity contribution in [3.05, 3.63) is 65.2 Å². The second kappa shape index (κ2) is 6.38. The number of nitrogens with zero attached hydrogens (tertiary/aromatic N) is 1. The molecule has 4 nitrogen and oxygen atoms in total. The van der Waals surface area contributed by atoms with Gasteiger partial charge in [-0.1, -0.05) is 41.6 Å². The van der Waals surface area contributed by atoms with Gasteiger partial charge in [0.15, 0.2) is 5.84 Å². The minimum absolute atomic E-state index is 0.0243. The summed E-state index contributed by atoms with van der Waals surface area (Å²) in [7, 11) is 0. The molecule has 0 spiro atoms. The van der Waals surface area contributed by atoms with E-state index >= 15 is 0 Å². The number of alkyl halides is 3. The average Bonchev–Trinajstić information content (AvgIpc) is 2.52. The van der Waals surface area contributed by atoms with Gasteiger partial charge in [0.1, 0.15) is 12.4 Å². The van der Waals surface area contributed by atoms with Gasteiger partial charge >= 0.3 is 6.18 Å². The molecule has 0 fully saturated rings. The molecule has 0 saturated heterocycles. The van der Waals surface area contributed by atoms with E-state index in [0.29, 0.717) is 11.1 Å². The third-order valence-electron chi connectivity index (χ3n) is 2.94. The van der Waals surface area contributed by atoms with Crippen LogP contribution in [0.5, 0.6) is 5.75 Å².